The van der Waals surface area contributed by atoms with Crippen molar-refractivity contribution in [3.8, 4) is 5.75 Å². The summed E-state index contributed by atoms with van der Waals surface area (Å²) in [6, 6.07) is 5.03. The highest BCUT2D eigenvalue weighted by Crippen LogP contribution is 2.36. The minimum atomic E-state index is -0.313. The average Bonchev–Trinajstić information content (AvgIpc) is 3.07. The first-order valence-corrected chi connectivity index (χ1v) is 11.8. The number of hydrogen-bond acceptors (Lipinski definition) is 6. The van der Waals surface area contributed by atoms with E-state index in [0.29, 0.717) is 40.1 Å². The van der Waals surface area contributed by atoms with Crippen LogP contribution in [0.3, 0.4) is 0 Å². The number of rotatable bonds is 6. The first-order valence-electron chi connectivity index (χ1n) is 10.6. The van der Waals surface area contributed by atoms with Crippen molar-refractivity contribution in [3.05, 3.63) is 49.8 Å². The van der Waals surface area contributed by atoms with E-state index in [9.17, 15) is 9.59 Å². The first kappa shape index (κ1) is 22.8. The van der Waals surface area contributed by atoms with Crippen LogP contribution in [0.25, 0.3) is 10.2 Å². The average molecular weight is 475 g/mol. The molecule has 4 rings (SSSR count). The smallest absolute Gasteiger partial charge is 0.263 e. The number of nitrogens with one attached hydrogen (secondary N) is 1. The predicted octanol–water partition coefficient (Wildman–Crippen LogP) is 3.95. The fourth-order valence-electron chi connectivity index (χ4n) is 4.12. The van der Waals surface area contributed by atoms with Gasteiger partial charge in [-0.15, -0.1) is 11.3 Å². The number of carbonyl (C=O) groups is 1. The Kier molecular flexibility index (Phi) is 6.55. The first-order chi connectivity index (χ1) is 15.3. The molecule has 9 heteroatoms. The van der Waals surface area contributed by atoms with Crippen LogP contribution < -0.4 is 15.6 Å². The number of aryl methyl sites for hydroxylation is 1. The van der Waals surface area contributed by atoms with Gasteiger partial charge in [-0.3, -0.25) is 14.2 Å². The van der Waals surface area contributed by atoms with Crippen molar-refractivity contribution in [2.24, 2.45) is 5.92 Å². The second-order valence-electron chi connectivity index (χ2n) is 8.59. The lowest BCUT2D eigenvalue weighted by Crippen LogP contribution is -2.33. The number of ether oxygens (including phenoxy) is 1. The zero-order chi connectivity index (χ0) is 23.0. The van der Waals surface area contributed by atoms with Crippen LogP contribution in [0.1, 0.15) is 29.6 Å². The molecule has 0 fully saturated rings. The Morgan fingerprint density at radius 2 is 2.19 bits per heavy atom. The van der Waals surface area contributed by atoms with Gasteiger partial charge in [0, 0.05) is 10.6 Å². The molecule has 1 unspecified atom stereocenters. The van der Waals surface area contributed by atoms with Crippen LogP contribution in [-0.2, 0) is 30.7 Å². The Morgan fingerprint density at radius 3 is 2.88 bits per heavy atom. The maximum absolute atomic E-state index is 13.6. The summed E-state index contributed by atoms with van der Waals surface area (Å²) in [5.41, 5.74) is 1.52. The van der Waals surface area contributed by atoms with Crippen molar-refractivity contribution in [2.75, 3.05) is 26.5 Å². The van der Waals surface area contributed by atoms with E-state index in [1.807, 2.05) is 19.0 Å². The second-order valence-corrected chi connectivity index (χ2v) is 10.1. The summed E-state index contributed by atoms with van der Waals surface area (Å²) in [5.74, 6) is 1.41. The molecule has 0 radical (unpaired) electrons. The SMILES string of the molecule is COc1ccc(NC(=O)Cn2c(CN(C)C)nc3sc4c(c3c2=O)CCC(C)C4)cc1Cl. The van der Waals surface area contributed by atoms with Crippen molar-refractivity contribution in [3.63, 3.8) is 0 Å². The maximum Gasteiger partial charge on any atom is 0.263 e. The van der Waals surface area contributed by atoms with Gasteiger partial charge in [-0.05, 0) is 63.0 Å². The highest BCUT2D eigenvalue weighted by molar-refractivity contribution is 7.18. The maximum atomic E-state index is 13.6. The minimum Gasteiger partial charge on any atom is -0.495 e. The van der Waals surface area contributed by atoms with Crippen LogP contribution in [0.2, 0.25) is 5.02 Å². The van der Waals surface area contributed by atoms with Crippen LogP contribution in [0.15, 0.2) is 23.0 Å². The van der Waals surface area contributed by atoms with Crippen molar-refractivity contribution >= 4 is 44.7 Å². The molecule has 1 amide bonds. The lowest BCUT2D eigenvalue weighted by Gasteiger charge is -2.18. The Labute approximate surface area is 196 Å². The number of thiophene rings is 1. The third-order valence-electron chi connectivity index (χ3n) is 5.69. The molecule has 0 saturated heterocycles. The van der Waals surface area contributed by atoms with Crippen molar-refractivity contribution in [2.45, 2.75) is 39.3 Å². The number of benzene rings is 1. The molecule has 3 aromatic rings. The molecule has 0 spiro atoms. The van der Waals surface area contributed by atoms with E-state index in [1.54, 1.807) is 29.5 Å². The van der Waals surface area contributed by atoms with Gasteiger partial charge < -0.3 is 15.0 Å². The summed E-state index contributed by atoms with van der Waals surface area (Å²) in [6.45, 7) is 2.59. The highest BCUT2D eigenvalue weighted by Gasteiger charge is 2.25. The van der Waals surface area contributed by atoms with Gasteiger partial charge in [0.2, 0.25) is 5.91 Å². The fourth-order valence-corrected chi connectivity index (χ4v) is 5.77. The molecule has 32 heavy (non-hydrogen) atoms. The van der Waals surface area contributed by atoms with E-state index in [1.165, 1.54) is 16.6 Å². The highest BCUT2D eigenvalue weighted by atomic mass is 35.5. The quantitative estimate of drug-likeness (QED) is 0.585. The third kappa shape index (κ3) is 4.53. The van der Waals surface area contributed by atoms with Crippen LogP contribution >= 0.6 is 22.9 Å². The molecular weight excluding hydrogens is 448 g/mol. The van der Waals surface area contributed by atoms with Crippen molar-refractivity contribution < 1.29 is 9.53 Å². The zero-order valence-corrected chi connectivity index (χ0v) is 20.3. The summed E-state index contributed by atoms with van der Waals surface area (Å²) in [4.78, 5) is 35.2. The van der Waals surface area contributed by atoms with Crippen LogP contribution in [0.5, 0.6) is 5.75 Å². The molecule has 1 aliphatic carbocycles. The number of nitrogens with zero attached hydrogens (tertiary/aromatic N) is 3. The topological polar surface area (TPSA) is 76.5 Å². The number of amides is 1. The largest absolute Gasteiger partial charge is 0.495 e. The van der Waals surface area contributed by atoms with Crippen LogP contribution in [-0.4, -0.2) is 41.6 Å². The number of carbonyl (C=O) groups excluding carboxylic acids is 1. The second kappa shape index (κ2) is 9.21. The van der Waals surface area contributed by atoms with E-state index < -0.39 is 0 Å². The van der Waals surface area contributed by atoms with E-state index in [0.717, 1.165) is 29.7 Å². The van der Waals surface area contributed by atoms with Crippen molar-refractivity contribution in [1.29, 1.82) is 0 Å². The molecule has 1 aromatic carbocycles. The lowest BCUT2D eigenvalue weighted by atomic mass is 9.89. The van der Waals surface area contributed by atoms with Gasteiger partial charge in [-0.1, -0.05) is 18.5 Å². The van der Waals surface area contributed by atoms with Gasteiger partial charge in [0.25, 0.3) is 5.56 Å². The number of halogens is 1. The number of aromatic nitrogens is 2. The zero-order valence-electron chi connectivity index (χ0n) is 18.7. The molecule has 0 aliphatic heterocycles. The predicted molar refractivity (Wildman–Crippen MR) is 129 cm³/mol. The summed E-state index contributed by atoms with van der Waals surface area (Å²) >= 11 is 7.79. The Bertz CT molecular complexity index is 1230. The van der Waals surface area contributed by atoms with E-state index >= 15 is 0 Å². The third-order valence-corrected chi connectivity index (χ3v) is 7.13. The van der Waals surface area contributed by atoms with Gasteiger partial charge in [0.05, 0.1) is 24.1 Å². The van der Waals surface area contributed by atoms with Gasteiger partial charge in [-0.2, -0.15) is 0 Å². The van der Waals surface area contributed by atoms with Crippen LogP contribution in [0.4, 0.5) is 5.69 Å². The Hall–Kier alpha value is -2.42. The Morgan fingerprint density at radius 1 is 1.41 bits per heavy atom. The molecule has 1 aliphatic rings. The molecule has 170 valence electrons. The lowest BCUT2D eigenvalue weighted by molar-refractivity contribution is -0.116. The summed E-state index contributed by atoms with van der Waals surface area (Å²) in [5, 5.41) is 3.90. The molecule has 1 atom stereocenters. The molecule has 0 saturated carbocycles. The fraction of sp³-hybridized carbons (Fsp3) is 0.435. The van der Waals surface area contributed by atoms with E-state index in [-0.39, 0.29) is 18.0 Å². The Balaban J connectivity index is 1.70. The standard InChI is InChI=1S/C23H27ClN4O3S/c1-13-5-7-15-18(9-13)32-22-21(15)23(30)28(19(26-22)11-27(2)3)12-20(29)25-14-6-8-17(31-4)16(24)10-14/h6,8,10,13H,5,7,9,11-12H2,1-4H3,(H,25,29). The molecule has 2 aromatic heterocycles. The van der Waals surface area contributed by atoms with E-state index in [4.69, 9.17) is 21.3 Å². The summed E-state index contributed by atoms with van der Waals surface area (Å²) in [6.07, 6.45) is 2.94. The molecular formula is C23H27ClN4O3S. The number of anilines is 1. The monoisotopic (exact) mass is 474 g/mol. The van der Waals surface area contributed by atoms with Gasteiger partial charge >= 0.3 is 0 Å². The number of methoxy groups -OCH3 is 1. The summed E-state index contributed by atoms with van der Waals surface area (Å²) in [7, 11) is 5.37. The minimum absolute atomic E-state index is 0.115. The number of fused-ring (bicyclic) bond motifs is 3. The van der Waals surface area contributed by atoms with E-state index in [2.05, 4.69) is 12.2 Å². The van der Waals surface area contributed by atoms with Crippen molar-refractivity contribution in [1.82, 2.24) is 14.5 Å². The molecule has 7 nitrogen and oxygen atoms in total. The molecule has 1 N–H and O–H groups in total. The molecule has 2 heterocycles. The molecule has 0 bridgehead atoms. The van der Waals surface area contributed by atoms with Crippen LogP contribution in [0, 0.1) is 5.92 Å². The van der Waals surface area contributed by atoms with Gasteiger partial charge in [-0.25, -0.2) is 4.98 Å². The summed E-state index contributed by atoms with van der Waals surface area (Å²) < 4.78 is 6.66. The normalized spacial score (nSPS) is 15.8. The van der Waals surface area contributed by atoms with Gasteiger partial charge in [0.15, 0.2) is 0 Å². The number of hydrogen-bond donors (Lipinski definition) is 1. The van der Waals surface area contributed by atoms with Gasteiger partial charge in [0.1, 0.15) is 22.9 Å².